The number of nitrogens with zero attached hydrogens (tertiary/aromatic N) is 2. The average Bonchev–Trinajstić information content (AvgIpc) is 3.09. The number of hydrogen-bond donors (Lipinski definition) is 2. The Kier molecular flexibility index (Phi) is 4.51. The van der Waals surface area contributed by atoms with Crippen LogP contribution >= 0.6 is 0 Å². The Hall–Kier alpha value is -1.36. The van der Waals surface area contributed by atoms with Gasteiger partial charge in [-0.05, 0) is 87.9 Å². The van der Waals surface area contributed by atoms with E-state index in [1.54, 1.807) is 0 Å². The summed E-state index contributed by atoms with van der Waals surface area (Å²) < 4.78 is 2.26. The molecule has 0 saturated heterocycles. The van der Waals surface area contributed by atoms with E-state index in [1.807, 2.05) is 0 Å². The highest BCUT2D eigenvalue weighted by Gasteiger charge is 2.49. The quantitative estimate of drug-likeness (QED) is 0.817. The first-order chi connectivity index (χ1) is 14.2. The molecule has 1 heterocycles. The number of carbonyl (C=O) groups is 1. The molecule has 3 N–H and O–H groups in total. The minimum Gasteiger partial charge on any atom is -0.347 e. The third kappa shape index (κ3) is 3.15. The van der Waals surface area contributed by atoms with E-state index in [2.05, 4.69) is 10.00 Å². The zero-order valence-electron chi connectivity index (χ0n) is 17.6. The number of nitrogens with two attached hydrogens (primary N) is 1. The van der Waals surface area contributed by atoms with Crippen molar-refractivity contribution in [3.8, 4) is 0 Å². The number of rotatable bonds is 3. The highest BCUT2D eigenvalue weighted by Crippen LogP contribution is 2.53. The van der Waals surface area contributed by atoms with Gasteiger partial charge in [0.25, 0.3) is 5.91 Å². The second-order valence-electron chi connectivity index (χ2n) is 10.9. The molecule has 1 aromatic rings. The second-order valence-corrected chi connectivity index (χ2v) is 10.9. The first-order valence-corrected chi connectivity index (χ1v) is 12.3. The van der Waals surface area contributed by atoms with E-state index in [0.29, 0.717) is 29.6 Å². The Labute approximate surface area is 174 Å². The van der Waals surface area contributed by atoms with Crippen LogP contribution < -0.4 is 11.1 Å². The predicted molar refractivity (Wildman–Crippen MR) is 113 cm³/mol. The van der Waals surface area contributed by atoms with Crippen LogP contribution in [0.4, 0.5) is 0 Å². The van der Waals surface area contributed by atoms with Crippen molar-refractivity contribution in [1.29, 1.82) is 0 Å². The maximum atomic E-state index is 13.5. The lowest BCUT2D eigenvalue weighted by Gasteiger charge is -2.54. The second kappa shape index (κ2) is 7.11. The highest BCUT2D eigenvalue weighted by atomic mass is 16.2. The predicted octanol–water partition coefficient (Wildman–Crippen LogP) is 3.76. The summed E-state index contributed by atoms with van der Waals surface area (Å²) in [5, 5.41) is 8.49. The number of hydrogen-bond acceptors (Lipinski definition) is 3. The fourth-order valence-electron chi connectivity index (χ4n) is 7.86. The van der Waals surface area contributed by atoms with Crippen molar-refractivity contribution >= 4 is 5.91 Å². The Balaban J connectivity index is 1.27. The lowest BCUT2D eigenvalue weighted by molar-refractivity contribution is -0.0120. The summed E-state index contributed by atoms with van der Waals surface area (Å²) >= 11 is 0. The molecule has 0 aromatic carbocycles. The summed E-state index contributed by atoms with van der Waals surface area (Å²) in [6.07, 6.45) is 15.9. The summed E-state index contributed by atoms with van der Waals surface area (Å²) in [6.45, 7) is 0. The SMILES string of the molecule is NC1CCc2c(c(C(=O)NC3C4CC5CC(C4)CC3C5)nn2C2CCCCC2)C1. The van der Waals surface area contributed by atoms with Crippen LogP contribution in [0.1, 0.15) is 98.4 Å². The van der Waals surface area contributed by atoms with Gasteiger partial charge in [-0.25, -0.2) is 0 Å². The van der Waals surface area contributed by atoms with Crippen LogP contribution in [0.25, 0.3) is 0 Å². The molecule has 6 aliphatic rings. The Bertz CT molecular complexity index is 765. The van der Waals surface area contributed by atoms with Crippen molar-refractivity contribution < 1.29 is 4.79 Å². The van der Waals surface area contributed by atoms with Crippen LogP contribution in [-0.2, 0) is 12.8 Å². The van der Waals surface area contributed by atoms with Gasteiger partial charge in [0.2, 0.25) is 0 Å². The molecule has 1 atom stereocenters. The molecule has 1 unspecified atom stereocenters. The molecule has 0 aliphatic heterocycles. The fraction of sp³-hybridized carbons (Fsp3) is 0.833. The topological polar surface area (TPSA) is 72.9 Å². The zero-order chi connectivity index (χ0) is 19.5. The van der Waals surface area contributed by atoms with Crippen LogP contribution in [-0.4, -0.2) is 27.8 Å². The Morgan fingerprint density at radius 1 is 0.966 bits per heavy atom. The number of amides is 1. The van der Waals surface area contributed by atoms with E-state index >= 15 is 0 Å². The van der Waals surface area contributed by atoms with Gasteiger partial charge in [0.05, 0.1) is 6.04 Å². The van der Waals surface area contributed by atoms with E-state index in [0.717, 1.165) is 36.7 Å². The molecule has 5 saturated carbocycles. The fourth-order valence-corrected chi connectivity index (χ4v) is 7.86. The van der Waals surface area contributed by atoms with Gasteiger partial charge in [-0.3, -0.25) is 9.48 Å². The number of fused-ring (bicyclic) bond motifs is 1. The van der Waals surface area contributed by atoms with Crippen molar-refractivity contribution in [3.05, 3.63) is 17.0 Å². The first-order valence-electron chi connectivity index (χ1n) is 12.3. The molecule has 6 aliphatic carbocycles. The number of carbonyl (C=O) groups excluding carboxylic acids is 1. The van der Waals surface area contributed by atoms with Crippen molar-refractivity contribution in [2.45, 2.75) is 102 Å². The van der Waals surface area contributed by atoms with Gasteiger partial charge in [0, 0.05) is 23.3 Å². The standard InChI is InChI=1S/C24H36N4O/c25-18-6-7-21-20(13-18)23(27-28(21)19-4-2-1-3-5-19)24(29)26-22-16-9-14-8-15(11-16)12-17(22)10-14/h14-19,22H,1-13,25H2,(H,26,29). The van der Waals surface area contributed by atoms with Gasteiger partial charge in [-0.15, -0.1) is 0 Å². The maximum absolute atomic E-state index is 13.5. The molecule has 7 rings (SSSR count). The average molecular weight is 397 g/mol. The summed E-state index contributed by atoms with van der Waals surface area (Å²) in [5.74, 6) is 3.36. The summed E-state index contributed by atoms with van der Waals surface area (Å²) in [5.41, 5.74) is 9.50. The molecule has 5 heteroatoms. The first kappa shape index (κ1) is 18.4. The third-order valence-electron chi connectivity index (χ3n) is 9.00. The van der Waals surface area contributed by atoms with E-state index < -0.39 is 0 Å². The lowest BCUT2D eigenvalue weighted by atomic mass is 9.54. The van der Waals surface area contributed by atoms with Gasteiger partial charge in [-0.2, -0.15) is 5.10 Å². The van der Waals surface area contributed by atoms with Crippen molar-refractivity contribution in [1.82, 2.24) is 15.1 Å². The molecular formula is C24H36N4O. The summed E-state index contributed by atoms with van der Waals surface area (Å²) in [4.78, 5) is 13.5. The van der Waals surface area contributed by atoms with Gasteiger partial charge >= 0.3 is 0 Å². The van der Waals surface area contributed by atoms with Crippen LogP contribution in [0.3, 0.4) is 0 Å². The van der Waals surface area contributed by atoms with Crippen LogP contribution in [0.5, 0.6) is 0 Å². The highest BCUT2D eigenvalue weighted by molar-refractivity contribution is 5.94. The van der Waals surface area contributed by atoms with Gasteiger partial charge in [0.15, 0.2) is 5.69 Å². The van der Waals surface area contributed by atoms with E-state index in [4.69, 9.17) is 10.8 Å². The summed E-state index contributed by atoms with van der Waals surface area (Å²) in [7, 11) is 0. The molecule has 4 bridgehead atoms. The molecule has 5 nitrogen and oxygen atoms in total. The third-order valence-corrected chi connectivity index (χ3v) is 9.00. The summed E-state index contributed by atoms with van der Waals surface area (Å²) in [6, 6.07) is 1.02. The normalized spacial score (nSPS) is 38.8. The maximum Gasteiger partial charge on any atom is 0.272 e. The molecule has 29 heavy (non-hydrogen) atoms. The molecule has 0 spiro atoms. The Morgan fingerprint density at radius 3 is 2.34 bits per heavy atom. The largest absolute Gasteiger partial charge is 0.347 e. The smallest absolute Gasteiger partial charge is 0.272 e. The van der Waals surface area contributed by atoms with Crippen LogP contribution in [0.15, 0.2) is 0 Å². The van der Waals surface area contributed by atoms with Gasteiger partial charge in [-0.1, -0.05) is 19.3 Å². The van der Waals surface area contributed by atoms with E-state index in [9.17, 15) is 4.79 Å². The van der Waals surface area contributed by atoms with Crippen LogP contribution in [0, 0.1) is 23.7 Å². The minimum absolute atomic E-state index is 0.0855. The molecular weight excluding hydrogens is 360 g/mol. The van der Waals surface area contributed by atoms with Crippen LogP contribution in [0.2, 0.25) is 0 Å². The molecule has 158 valence electrons. The van der Waals surface area contributed by atoms with Crippen molar-refractivity contribution in [2.24, 2.45) is 29.4 Å². The monoisotopic (exact) mass is 396 g/mol. The van der Waals surface area contributed by atoms with Gasteiger partial charge in [0.1, 0.15) is 0 Å². The van der Waals surface area contributed by atoms with Crippen molar-refractivity contribution in [2.75, 3.05) is 0 Å². The number of aromatic nitrogens is 2. The number of nitrogens with one attached hydrogen (secondary N) is 1. The Morgan fingerprint density at radius 2 is 1.66 bits per heavy atom. The van der Waals surface area contributed by atoms with E-state index in [-0.39, 0.29) is 11.9 Å². The molecule has 1 amide bonds. The molecule has 1 aromatic heterocycles. The zero-order valence-corrected chi connectivity index (χ0v) is 17.6. The lowest BCUT2D eigenvalue weighted by Crippen LogP contribution is -2.56. The van der Waals surface area contributed by atoms with Crippen molar-refractivity contribution in [3.63, 3.8) is 0 Å². The van der Waals surface area contributed by atoms with E-state index in [1.165, 1.54) is 69.9 Å². The molecule has 0 radical (unpaired) electrons. The molecule has 5 fully saturated rings. The minimum atomic E-state index is 0.0855. The van der Waals surface area contributed by atoms with Gasteiger partial charge < -0.3 is 11.1 Å².